The van der Waals surface area contributed by atoms with E-state index < -0.39 is 0 Å². The summed E-state index contributed by atoms with van der Waals surface area (Å²) < 4.78 is 5.06. The number of ether oxygens (including phenoxy) is 1. The van der Waals surface area contributed by atoms with Crippen LogP contribution in [0, 0.1) is 0 Å². The lowest BCUT2D eigenvalue weighted by Crippen LogP contribution is -2.40. The number of aromatic nitrogens is 1. The molecule has 0 spiro atoms. The molecular weight excluding hydrogens is 394 g/mol. The zero-order chi connectivity index (χ0) is 22.4. The van der Waals surface area contributed by atoms with Gasteiger partial charge in [0.15, 0.2) is 0 Å². The van der Waals surface area contributed by atoms with Gasteiger partial charge in [0.25, 0.3) is 0 Å². The summed E-state index contributed by atoms with van der Waals surface area (Å²) >= 11 is 1.66. The number of hydrogen-bond acceptors (Lipinski definition) is 6. The fraction of sp³-hybridized carbons (Fsp3) is 0.684. The Morgan fingerprint density at radius 1 is 1.34 bits per heavy atom. The molecule has 1 aromatic heterocycles. The van der Waals surface area contributed by atoms with Gasteiger partial charge in [0, 0.05) is 44.4 Å². The van der Waals surface area contributed by atoms with Crippen molar-refractivity contribution in [2.24, 2.45) is 5.73 Å². The number of nitrogens with two attached hydrogens (primary N) is 1. The lowest BCUT2D eigenvalue weighted by Gasteiger charge is -2.25. The third-order valence-electron chi connectivity index (χ3n) is 3.68. The zero-order valence-electron chi connectivity index (χ0n) is 18.3. The molecule has 4 amide bonds. The van der Waals surface area contributed by atoms with E-state index in [2.05, 4.69) is 29.9 Å². The largest absolute Gasteiger partial charge is 0.378 e. The van der Waals surface area contributed by atoms with Crippen LogP contribution in [-0.2, 0) is 20.9 Å². The van der Waals surface area contributed by atoms with Crippen molar-refractivity contribution in [1.82, 2.24) is 20.1 Å². The maximum absolute atomic E-state index is 11.7. The smallest absolute Gasteiger partial charge is 0.317 e. The van der Waals surface area contributed by atoms with Crippen LogP contribution in [0.4, 0.5) is 4.79 Å². The number of rotatable bonds is 4. The standard InChI is InChI=1S/C12H21N3OS.C6H11NO2.CH3NO/c1-8(2)11-14-10(7-17-11)6-15(5)12(16)13-9(3)4;1-6(8)7-2-4-9-5-3-7;2-1-3/h7-9H,6H2,1-5H3,(H,13,16);2-5H2,1H3;1H,(H2,2,3). The summed E-state index contributed by atoms with van der Waals surface area (Å²) in [5, 5.41) is 6.00. The van der Waals surface area contributed by atoms with Crippen LogP contribution in [0.2, 0.25) is 0 Å². The first-order valence-corrected chi connectivity index (χ1v) is 10.4. The maximum Gasteiger partial charge on any atom is 0.317 e. The topological polar surface area (TPSA) is 118 Å². The van der Waals surface area contributed by atoms with Gasteiger partial charge in [-0.2, -0.15) is 0 Å². The van der Waals surface area contributed by atoms with E-state index in [0.29, 0.717) is 25.7 Å². The number of thiazole rings is 1. The summed E-state index contributed by atoms with van der Waals surface area (Å²) in [7, 11) is 1.78. The molecule has 2 rings (SSSR count). The Labute approximate surface area is 177 Å². The van der Waals surface area contributed by atoms with Gasteiger partial charge in [-0.25, -0.2) is 9.78 Å². The molecule has 0 saturated carbocycles. The van der Waals surface area contributed by atoms with Crippen LogP contribution >= 0.6 is 11.3 Å². The minimum absolute atomic E-state index is 0.0564. The molecule has 1 saturated heterocycles. The molecule has 0 aliphatic carbocycles. The normalized spacial score (nSPS) is 13.0. The number of amides is 4. The molecular formula is C19H35N5O4S. The van der Waals surface area contributed by atoms with Crippen molar-refractivity contribution in [3.63, 3.8) is 0 Å². The first-order chi connectivity index (χ1) is 13.6. The number of urea groups is 1. The monoisotopic (exact) mass is 429 g/mol. The van der Waals surface area contributed by atoms with E-state index in [1.54, 1.807) is 35.1 Å². The third-order valence-corrected chi connectivity index (χ3v) is 4.87. The summed E-state index contributed by atoms with van der Waals surface area (Å²) in [6.45, 7) is 13.2. The number of hydrogen-bond donors (Lipinski definition) is 2. The summed E-state index contributed by atoms with van der Waals surface area (Å²) in [6.07, 6.45) is 0.250. The van der Waals surface area contributed by atoms with Gasteiger partial charge in [0.1, 0.15) is 0 Å². The maximum atomic E-state index is 11.7. The predicted octanol–water partition coefficient (Wildman–Crippen LogP) is 1.78. The van der Waals surface area contributed by atoms with Gasteiger partial charge in [0.05, 0.1) is 30.5 Å². The minimum atomic E-state index is -0.0564. The van der Waals surface area contributed by atoms with Crippen LogP contribution in [0.5, 0.6) is 0 Å². The zero-order valence-corrected chi connectivity index (χ0v) is 19.1. The summed E-state index contributed by atoms with van der Waals surface area (Å²) in [6, 6.07) is 0.103. The van der Waals surface area contributed by atoms with Crippen molar-refractivity contribution in [1.29, 1.82) is 0 Å². The lowest BCUT2D eigenvalue weighted by atomic mass is 10.2. The fourth-order valence-electron chi connectivity index (χ4n) is 2.21. The first-order valence-electron chi connectivity index (χ1n) is 9.56. The molecule has 9 nitrogen and oxygen atoms in total. The molecule has 0 unspecified atom stereocenters. The molecule has 10 heteroatoms. The molecule has 0 aromatic carbocycles. The average molecular weight is 430 g/mol. The van der Waals surface area contributed by atoms with Crippen LogP contribution in [0.15, 0.2) is 5.38 Å². The molecule has 0 atom stereocenters. The van der Waals surface area contributed by atoms with E-state index in [1.165, 1.54) is 0 Å². The second-order valence-electron chi connectivity index (χ2n) is 7.05. The summed E-state index contributed by atoms with van der Waals surface area (Å²) in [5.74, 6) is 0.599. The highest BCUT2D eigenvalue weighted by Gasteiger charge is 2.13. The Kier molecular flexibility index (Phi) is 13.6. The summed E-state index contributed by atoms with van der Waals surface area (Å²) in [5.41, 5.74) is 5.13. The van der Waals surface area contributed by atoms with Gasteiger partial charge in [-0.1, -0.05) is 13.8 Å². The van der Waals surface area contributed by atoms with Gasteiger partial charge in [-0.3, -0.25) is 9.59 Å². The van der Waals surface area contributed by atoms with E-state index in [9.17, 15) is 9.59 Å². The van der Waals surface area contributed by atoms with Gasteiger partial charge in [0.2, 0.25) is 12.3 Å². The molecule has 1 aromatic rings. The lowest BCUT2D eigenvalue weighted by molar-refractivity contribution is -0.132. The first kappa shape index (κ1) is 26.8. The number of nitrogens with one attached hydrogen (secondary N) is 1. The van der Waals surface area contributed by atoms with Gasteiger partial charge >= 0.3 is 6.03 Å². The third kappa shape index (κ3) is 12.1. The fourth-order valence-corrected chi connectivity index (χ4v) is 3.04. The molecule has 29 heavy (non-hydrogen) atoms. The van der Waals surface area contributed by atoms with Crippen LogP contribution in [0.1, 0.15) is 51.2 Å². The van der Waals surface area contributed by atoms with E-state index in [1.807, 2.05) is 19.2 Å². The second-order valence-corrected chi connectivity index (χ2v) is 7.94. The van der Waals surface area contributed by atoms with Crippen molar-refractivity contribution in [2.45, 2.75) is 53.1 Å². The number of carbonyl (C=O) groups excluding carboxylic acids is 3. The molecule has 3 N–H and O–H groups in total. The Hall–Kier alpha value is -2.20. The van der Waals surface area contributed by atoms with Crippen LogP contribution in [0.3, 0.4) is 0 Å². The van der Waals surface area contributed by atoms with Crippen molar-refractivity contribution in [3.05, 3.63) is 16.1 Å². The van der Waals surface area contributed by atoms with E-state index in [4.69, 9.17) is 9.53 Å². The quantitative estimate of drug-likeness (QED) is 0.708. The molecule has 166 valence electrons. The van der Waals surface area contributed by atoms with Gasteiger partial charge in [-0.05, 0) is 13.8 Å². The average Bonchev–Trinajstić information content (AvgIpc) is 3.12. The summed E-state index contributed by atoms with van der Waals surface area (Å²) in [4.78, 5) is 38.9. The predicted molar refractivity (Wildman–Crippen MR) is 115 cm³/mol. The highest BCUT2D eigenvalue weighted by molar-refractivity contribution is 7.09. The van der Waals surface area contributed by atoms with Crippen molar-refractivity contribution in [2.75, 3.05) is 33.4 Å². The minimum Gasteiger partial charge on any atom is -0.378 e. The molecule has 1 aliphatic heterocycles. The highest BCUT2D eigenvalue weighted by atomic mass is 32.1. The highest BCUT2D eigenvalue weighted by Crippen LogP contribution is 2.19. The molecule has 1 fully saturated rings. The van der Waals surface area contributed by atoms with Crippen molar-refractivity contribution < 1.29 is 19.1 Å². The number of primary amides is 1. The Morgan fingerprint density at radius 3 is 2.28 bits per heavy atom. The van der Waals surface area contributed by atoms with E-state index in [-0.39, 0.29) is 24.4 Å². The molecule has 0 radical (unpaired) electrons. The Bertz CT molecular complexity index is 615. The number of morpholine rings is 1. The molecule has 2 heterocycles. The van der Waals surface area contributed by atoms with Gasteiger partial charge < -0.3 is 25.6 Å². The van der Waals surface area contributed by atoms with Crippen LogP contribution < -0.4 is 11.1 Å². The van der Waals surface area contributed by atoms with Crippen LogP contribution in [-0.4, -0.2) is 72.5 Å². The molecule has 0 bridgehead atoms. The Morgan fingerprint density at radius 2 is 1.90 bits per heavy atom. The SMILES string of the molecule is CC(=O)N1CCOCC1.CC(C)NC(=O)N(C)Cc1csc(C(C)C)n1.NC=O. The number of nitrogens with zero attached hydrogens (tertiary/aromatic N) is 3. The Balaban J connectivity index is 0.000000544. The van der Waals surface area contributed by atoms with Crippen LogP contribution in [0.25, 0.3) is 0 Å². The van der Waals surface area contributed by atoms with E-state index >= 15 is 0 Å². The number of carbonyl (C=O) groups is 3. The van der Waals surface area contributed by atoms with Crippen molar-refractivity contribution >= 4 is 29.7 Å². The van der Waals surface area contributed by atoms with E-state index in [0.717, 1.165) is 23.8 Å². The second kappa shape index (κ2) is 14.7. The van der Waals surface area contributed by atoms with Gasteiger partial charge in [-0.15, -0.1) is 11.3 Å². The molecule has 1 aliphatic rings. The van der Waals surface area contributed by atoms with Crippen molar-refractivity contribution in [3.8, 4) is 0 Å².